The van der Waals surface area contributed by atoms with Crippen LogP contribution in [0.25, 0.3) is 10.8 Å². The number of benzene rings is 3. The molecular formula is C19H19N. The molecule has 1 nitrogen and oxygen atoms in total. The summed E-state index contributed by atoms with van der Waals surface area (Å²) in [6.45, 7) is 1.93. The number of fused-ring (bicyclic) bond motifs is 1. The van der Waals surface area contributed by atoms with Gasteiger partial charge >= 0.3 is 0 Å². The molecular weight excluding hydrogens is 242 g/mol. The van der Waals surface area contributed by atoms with Gasteiger partial charge in [0.1, 0.15) is 0 Å². The standard InChI is InChI=1S/C19H19N/c1-2-7-16(8-3-1)13-14-20-15-18-11-6-10-17-9-4-5-12-19(17)18/h1-12,20H,13-15H2. The Kier molecular flexibility index (Phi) is 4.10. The van der Waals surface area contributed by atoms with Crippen LogP contribution in [-0.4, -0.2) is 6.54 Å². The van der Waals surface area contributed by atoms with Gasteiger partial charge in [-0.25, -0.2) is 0 Å². The molecule has 0 aliphatic carbocycles. The van der Waals surface area contributed by atoms with Crippen molar-refractivity contribution in [3.8, 4) is 0 Å². The van der Waals surface area contributed by atoms with E-state index in [1.807, 2.05) is 0 Å². The molecule has 0 saturated heterocycles. The van der Waals surface area contributed by atoms with Crippen LogP contribution in [0.5, 0.6) is 0 Å². The zero-order valence-electron chi connectivity index (χ0n) is 11.5. The molecule has 0 atom stereocenters. The van der Waals surface area contributed by atoms with E-state index in [-0.39, 0.29) is 0 Å². The average Bonchev–Trinajstić information content (AvgIpc) is 2.53. The zero-order valence-corrected chi connectivity index (χ0v) is 11.5. The van der Waals surface area contributed by atoms with Crippen LogP contribution in [0.1, 0.15) is 11.1 Å². The van der Waals surface area contributed by atoms with Crippen molar-refractivity contribution in [3.05, 3.63) is 83.9 Å². The quantitative estimate of drug-likeness (QED) is 0.680. The topological polar surface area (TPSA) is 12.0 Å². The van der Waals surface area contributed by atoms with Crippen molar-refractivity contribution < 1.29 is 0 Å². The minimum atomic E-state index is 0.925. The summed E-state index contributed by atoms with van der Waals surface area (Å²) in [7, 11) is 0. The lowest BCUT2D eigenvalue weighted by atomic mass is 10.0. The zero-order chi connectivity index (χ0) is 13.6. The average molecular weight is 261 g/mol. The first-order valence-corrected chi connectivity index (χ1v) is 7.15. The SMILES string of the molecule is c1ccc(CCNCc2cccc3ccccc23)cc1. The summed E-state index contributed by atoms with van der Waals surface area (Å²) in [6, 6.07) is 25.7. The molecule has 0 heterocycles. The highest BCUT2D eigenvalue weighted by Gasteiger charge is 1.99. The lowest BCUT2D eigenvalue weighted by molar-refractivity contribution is 0.690. The largest absolute Gasteiger partial charge is 0.312 e. The van der Waals surface area contributed by atoms with Crippen LogP contribution in [0.4, 0.5) is 0 Å². The van der Waals surface area contributed by atoms with Gasteiger partial charge in [-0.15, -0.1) is 0 Å². The highest BCUT2D eigenvalue weighted by atomic mass is 14.8. The highest BCUT2D eigenvalue weighted by molar-refractivity contribution is 5.85. The first-order valence-electron chi connectivity index (χ1n) is 7.15. The minimum Gasteiger partial charge on any atom is -0.312 e. The molecule has 0 aliphatic heterocycles. The normalized spacial score (nSPS) is 10.8. The minimum absolute atomic E-state index is 0.925. The van der Waals surface area contributed by atoms with Gasteiger partial charge in [0.25, 0.3) is 0 Å². The van der Waals surface area contributed by atoms with Gasteiger partial charge < -0.3 is 5.32 Å². The summed E-state index contributed by atoms with van der Waals surface area (Å²) in [5, 5.41) is 6.21. The Labute approximate surface area is 120 Å². The van der Waals surface area contributed by atoms with Gasteiger partial charge in [-0.1, -0.05) is 72.8 Å². The molecule has 0 saturated carbocycles. The fraction of sp³-hybridized carbons (Fsp3) is 0.158. The van der Waals surface area contributed by atoms with Gasteiger partial charge in [0.05, 0.1) is 0 Å². The number of hydrogen-bond acceptors (Lipinski definition) is 1. The number of hydrogen-bond donors (Lipinski definition) is 1. The van der Waals surface area contributed by atoms with E-state index in [0.29, 0.717) is 0 Å². The highest BCUT2D eigenvalue weighted by Crippen LogP contribution is 2.18. The maximum atomic E-state index is 3.54. The molecule has 100 valence electrons. The Hall–Kier alpha value is -2.12. The third-order valence-corrected chi connectivity index (χ3v) is 3.63. The Bertz CT molecular complexity index is 668. The molecule has 0 aliphatic rings. The molecule has 0 amide bonds. The molecule has 3 aromatic carbocycles. The van der Waals surface area contributed by atoms with E-state index in [2.05, 4.69) is 78.1 Å². The Morgan fingerprint density at radius 2 is 1.45 bits per heavy atom. The Balaban J connectivity index is 1.60. The van der Waals surface area contributed by atoms with Crippen molar-refractivity contribution in [2.45, 2.75) is 13.0 Å². The monoisotopic (exact) mass is 261 g/mol. The van der Waals surface area contributed by atoms with E-state index in [1.54, 1.807) is 0 Å². The van der Waals surface area contributed by atoms with Crippen molar-refractivity contribution in [3.63, 3.8) is 0 Å². The molecule has 0 bridgehead atoms. The summed E-state index contributed by atoms with van der Waals surface area (Å²) < 4.78 is 0. The predicted molar refractivity (Wildman–Crippen MR) is 85.8 cm³/mol. The molecule has 0 unspecified atom stereocenters. The third kappa shape index (κ3) is 3.06. The summed E-state index contributed by atoms with van der Waals surface area (Å²) in [4.78, 5) is 0. The Morgan fingerprint density at radius 3 is 2.35 bits per heavy atom. The molecule has 0 spiro atoms. The molecule has 1 heteroatoms. The maximum absolute atomic E-state index is 3.54. The van der Waals surface area contributed by atoms with Crippen molar-refractivity contribution >= 4 is 10.8 Å². The van der Waals surface area contributed by atoms with Crippen LogP contribution in [0.2, 0.25) is 0 Å². The smallest absolute Gasteiger partial charge is 0.0211 e. The van der Waals surface area contributed by atoms with E-state index in [4.69, 9.17) is 0 Å². The van der Waals surface area contributed by atoms with Crippen molar-refractivity contribution in [2.24, 2.45) is 0 Å². The van der Waals surface area contributed by atoms with Crippen LogP contribution in [-0.2, 0) is 13.0 Å². The van der Waals surface area contributed by atoms with Gasteiger partial charge in [-0.05, 0) is 34.9 Å². The first-order chi connectivity index (χ1) is 9.93. The summed E-state index contributed by atoms with van der Waals surface area (Å²) >= 11 is 0. The van der Waals surface area contributed by atoms with Crippen LogP contribution in [0.3, 0.4) is 0 Å². The van der Waals surface area contributed by atoms with E-state index in [1.165, 1.54) is 21.9 Å². The van der Waals surface area contributed by atoms with Crippen LogP contribution in [0.15, 0.2) is 72.8 Å². The molecule has 3 aromatic rings. The molecule has 0 radical (unpaired) electrons. The predicted octanol–water partition coefficient (Wildman–Crippen LogP) is 4.17. The van der Waals surface area contributed by atoms with Gasteiger partial charge in [-0.3, -0.25) is 0 Å². The summed E-state index contributed by atoms with van der Waals surface area (Å²) in [5.41, 5.74) is 2.76. The summed E-state index contributed by atoms with van der Waals surface area (Å²) in [5.74, 6) is 0. The van der Waals surface area contributed by atoms with Crippen molar-refractivity contribution in [2.75, 3.05) is 6.54 Å². The molecule has 0 aromatic heterocycles. The van der Waals surface area contributed by atoms with Crippen LogP contribution < -0.4 is 5.32 Å². The first kappa shape index (κ1) is 12.9. The van der Waals surface area contributed by atoms with Gasteiger partial charge in [0, 0.05) is 6.54 Å². The van der Waals surface area contributed by atoms with E-state index in [9.17, 15) is 0 Å². The fourth-order valence-electron chi connectivity index (χ4n) is 2.55. The second-order valence-corrected chi connectivity index (χ2v) is 5.05. The maximum Gasteiger partial charge on any atom is 0.0211 e. The second kappa shape index (κ2) is 6.36. The van der Waals surface area contributed by atoms with Crippen molar-refractivity contribution in [1.82, 2.24) is 5.32 Å². The fourth-order valence-corrected chi connectivity index (χ4v) is 2.55. The lowest BCUT2D eigenvalue weighted by Crippen LogP contribution is -2.16. The number of rotatable bonds is 5. The molecule has 1 N–H and O–H groups in total. The molecule has 3 rings (SSSR count). The summed E-state index contributed by atoms with van der Waals surface area (Å²) in [6.07, 6.45) is 1.08. The third-order valence-electron chi connectivity index (χ3n) is 3.63. The molecule has 20 heavy (non-hydrogen) atoms. The lowest BCUT2D eigenvalue weighted by Gasteiger charge is -2.08. The number of nitrogens with one attached hydrogen (secondary N) is 1. The van der Waals surface area contributed by atoms with E-state index >= 15 is 0 Å². The van der Waals surface area contributed by atoms with E-state index < -0.39 is 0 Å². The van der Waals surface area contributed by atoms with Gasteiger partial charge in [0.2, 0.25) is 0 Å². The van der Waals surface area contributed by atoms with Crippen LogP contribution in [0, 0.1) is 0 Å². The van der Waals surface area contributed by atoms with Gasteiger partial charge in [-0.2, -0.15) is 0 Å². The van der Waals surface area contributed by atoms with Gasteiger partial charge in [0.15, 0.2) is 0 Å². The van der Waals surface area contributed by atoms with E-state index in [0.717, 1.165) is 19.5 Å². The second-order valence-electron chi connectivity index (χ2n) is 5.05. The molecule has 0 fully saturated rings. The van der Waals surface area contributed by atoms with Crippen LogP contribution >= 0.6 is 0 Å². The Morgan fingerprint density at radius 1 is 0.700 bits per heavy atom. The van der Waals surface area contributed by atoms with Crippen molar-refractivity contribution in [1.29, 1.82) is 0 Å².